The number of amides is 1. The Hall–Kier alpha value is -4.99. The molecule has 0 radical (unpaired) electrons. The van der Waals surface area contributed by atoms with Crippen LogP contribution in [0.15, 0.2) is 133 Å². The van der Waals surface area contributed by atoms with Crippen LogP contribution in [0.25, 0.3) is 22.4 Å². The van der Waals surface area contributed by atoms with Crippen molar-refractivity contribution < 1.29 is 9.59 Å². The molecule has 0 atom stereocenters. The first kappa shape index (κ1) is 24.1. The number of allylic oxidation sites excluding steroid dienone is 2. The average Bonchev–Trinajstić information content (AvgIpc) is 3.17. The molecule has 0 unspecified atom stereocenters. The molecule has 40 heavy (non-hydrogen) atoms. The lowest BCUT2D eigenvalue weighted by Gasteiger charge is -2.25. The standard InChI is InChI=1S/C36H22ClNO2/c37-27-21-28-30(23-13-5-1-6-14-23)31(24-15-7-2-8-16-24)32(25-17-9-3-10-18-25)33(26-19-11-4-12-20-26)38-34(28)29(22-27)35(39)36(38)40/h1-22H. The molecule has 3 nitrogen and oxygen atoms in total. The van der Waals surface area contributed by atoms with E-state index in [4.69, 9.17) is 11.6 Å². The number of hydrogen-bond donors (Lipinski definition) is 0. The van der Waals surface area contributed by atoms with Crippen molar-refractivity contribution in [2.24, 2.45) is 0 Å². The number of nitrogens with zero attached hydrogens (tertiary/aromatic N) is 1. The van der Waals surface area contributed by atoms with Crippen LogP contribution in [0.1, 0.15) is 38.2 Å². The molecule has 190 valence electrons. The van der Waals surface area contributed by atoms with E-state index in [0.717, 1.165) is 44.5 Å². The summed E-state index contributed by atoms with van der Waals surface area (Å²) in [5.41, 5.74) is 8.72. The van der Waals surface area contributed by atoms with Crippen LogP contribution in [0.4, 0.5) is 5.69 Å². The van der Waals surface area contributed by atoms with Gasteiger partial charge in [-0.15, -0.1) is 0 Å². The molecule has 0 saturated heterocycles. The van der Waals surface area contributed by atoms with Crippen molar-refractivity contribution in [1.82, 2.24) is 0 Å². The summed E-state index contributed by atoms with van der Waals surface area (Å²) in [5.74, 6) is -1.15. The number of carbonyl (C=O) groups excluding carboxylic acids is 2. The Balaban J connectivity index is 1.78. The number of halogens is 1. The monoisotopic (exact) mass is 535 g/mol. The van der Waals surface area contributed by atoms with Gasteiger partial charge in [-0.25, -0.2) is 0 Å². The van der Waals surface area contributed by atoms with E-state index in [9.17, 15) is 9.59 Å². The van der Waals surface area contributed by atoms with Crippen molar-refractivity contribution in [3.63, 3.8) is 0 Å². The van der Waals surface area contributed by atoms with Crippen LogP contribution < -0.4 is 4.90 Å². The van der Waals surface area contributed by atoms with Gasteiger partial charge < -0.3 is 0 Å². The number of benzene rings is 5. The van der Waals surface area contributed by atoms with Gasteiger partial charge in [-0.2, -0.15) is 0 Å². The van der Waals surface area contributed by atoms with Gasteiger partial charge in [0.05, 0.1) is 16.9 Å². The highest BCUT2D eigenvalue weighted by Crippen LogP contribution is 2.54. The van der Waals surface area contributed by atoms with E-state index in [1.165, 1.54) is 0 Å². The van der Waals surface area contributed by atoms with Crippen molar-refractivity contribution >= 4 is 51.4 Å². The number of carbonyl (C=O) groups is 2. The SMILES string of the molecule is O=C1C(=O)N2C(c3ccccc3)=C(c3ccccc3)C(c3ccccc3)=C(c3ccccc3)c3cc(Cl)cc1c32. The Labute approximate surface area is 237 Å². The van der Waals surface area contributed by atoms with Crippen LogP contribution in [0.3, 0.4) is 0 Å². The maximum Gasteiger partial charge on any atom is 0.304 e. The minimum atomic E-state index is -0.590. The van der Waals surface area contributed by atoms with E-state index in [0.29, 0.717) is 22.0 Å². The highest BCUT2D eigenvalue weighted by molar-refractivity contribution is 6.56. The lowest BCUT2D eigenvalue weighted by Crippen LogP contribution is -2.29. The van der Waals surface area contributed by atoms with Crippen LogP contribution in [-0.2, 0) is 4.79 Å². The predicted molar refractivity (Wildman–Crippen MR) is 162 cm³/mol. The highest BCUT2D eigenvalue weighted by atomic mass is 35.5. The number of rotatable bonds is 4. The summed E-state index contributed by atoms with van der Waals surface area (Å²) >= 11 is 6.68. The molecule has 0 bridgehead atoms. The third-order valence-corrected chi connectivity index (χ3v) is 7.62. The molecule has 2 aliphatic rings. The minimum absolute atomic E-state index is 0.316. The zero-order valence-electron chi connectivity index (χ0n) is 21.3. The van der Waals surface area contributed by atoms with Crippen LogP contribution >= 0.6 is 11.6 Å². The van der Waals surface area contributed by atoms with E-state index in [1.807, 2.05) is 91.0 Å². The second kappa shape index (κ2) is 9.64. The number of anilines is 1. The quantitative estimate of drug-likeness (QED) is 0.217. The number of ketones is 1. The molecule has 0 saturated carbocycles. The molecule has 0 aliphatic carbocycles. The maximum absolute atomic E-state index is 14.0. The lowest BCUT2D eigenvalue weighted by atomic mass is 9.82. The van der Waals surface area contributed by atoms with Crippen LogP contribution in [0, 0.1) is 0 Å². The maximum atomic E-state index is 14.0. The second-order valence-electron chi connectivity index (χ2n) is 9.76. The lowest BCUT2D eigenvalue weighted by molar-refractivity contribution is -0.113. The highest BCUT2D eigenvalue weighted by Gasteiger charge is 2.44. The summed E-state index contributed by atoms with van der Waals surface area (Å²) < 4.78 is 0. The first-order valence-corrected chi connectivity index (χ1v) is 13.4. The molecule has 2 aliphatic heterocycles. The average molecular weight is 536 g/mol. The van der Waals surface area contributed by atoms with Crippen molar-refractivity contribution in [3.8, 4) is 0 Å². The molecule has 1 amide bonds. The van der Waals surface area contributed by atoms with E-state index in [1.54, 1.807) is 11.0 Å². The fourth-order valence-corrected chi connectivity index (χ4v) is 6.00. The molecule has 0 aromatic heterocycles. The number of hydrogen-bond acceptors (Lipinski definition) is 2. The molecule has 7 rings (SSSR count). The van der Waals surface area contributed by atoms with Gasteiger partial charge in [0.1, 0.15) is 0 Å². The molecule has 0 N–H and O–H groups in total. The second-order valence-corrected chi connectivity index (χ2v) is 10.2. The molecule has 4 heteroatoms. The van der Waals surface area contributed by atoms with Gasteiger partial charge in [-0.1, -0.05) is 133 Å². The molecule has 5 aromatic carbocycles. The van der Waals surface area contributed by atoms with Gasteiger partial charge >= 0.3 is 5.91 Å². The van der Waals surface area contributed by atoms with Gasteiger partial charge in [0.25, 0.3) is 5.78 Å². The molecule has 5 aromatic rings. The normalized spacial score (nSPS) is 14.5. The summed E-state index contributed by atoms with van der Waals surface area (Å²) in [6.07, 6.45) is 0. The Morgan fingerprint density at radius 2 is 0.900 bits per heavy atom. The molecule has 2 heterocycles. The van der Waals surface area contributed by atoms with E-state index in [2.05, 4.69) is 36.4 Å². The van der Waals surface area contributed by atoms with Crippen LogP contribution in [-0.4, -0.2) is 11.7 Å². The third-order valence-electron chi connectivity index (χ3n) is 7.40. The first-order valence-electron chi connectivity index (χ1n) is 13.1. The van der Waals surface area contributed by atoms with E-state index >= 15 is 0 Å². The first-order chi connectivity index (χ1) is 19.6. The molecular weight excluding hydrogens is 514 g/mol. The summed E-state index contributed by atoms with van der Waals surface area (Å²) in [7, 11) is 0. The fraction of sp³-hybridized carbons (Fsp3) is 0. The van der Waals surface area contributed by atoms with Crippen molar-refractivity contribution in [3.05, 3.63) is 172 Å². The van der Waals surface area contributed by atoms with Gasteiger partial charge in [0.15, 0.2) is 0 Å². The largest absolute Gasteiger partial charge is 0.304 e. The van der Waals surface area contributed by atoms with Gasteiger partial charge in [-0.05, 0) is 40.0 Å². The predicted octanol–water partition coefficient (Wildman–Crippen LogP) is 8.41. The summed E-state index contributed by atoms with van der Waals surface area (Å²) in [5, 5.41) is 0.405. The van der Waals surface area contributed by atoms with Crippen molar-refractivity contribution in [2.45, 2.75) is 0 Å². The topological polar surface area (TPSA) is 37.4 Å². The van der Waals surface area contributed by atoms with Crippen LogP contribution in [0.5, 0.6) is 0 Å². The zero-order valence-corrected chi connectivity index (χ0v) is 22.1. The molecular formula is C36H22ClNO2. The van der Waals surface area contributed by atoms with E-state index in [-0.39, 0.29) is 0 Å². The zero-order chi connectivity index (χ0) is 27.2. The Morgan fingerprint density at radius 3 is 1.43 bits per heavy atom. The van der Waals surface area contributed by atoms with E-state index < -0.39 is 11.7 Å². The number of Topliss-reactive ketones (excluding diaryl/α,β-unsaturated/α-hetero) is 1. The smallest absolute Gasteiger partial charge is 0.283 e. The molecule has 0 spiro atoms. The summed E-state index contributed by atoms with van der Waals surface area (Å²) in [4.78, 5) is 29.1. The summed E-state index contributed by atoms with van der Waals surface area (Å²) in [6, 6.07) is 43.7. The van der Waals surface area contributed by atoms with Gasteiger partial charge in [-0.3, -0.25) is 14.5 Å². The Kier molecular flexibility index (Phi) is 5.80. The Morgan fingerprint density at radius 1 is 0.475 bits per heavy atom. The third kappa shape index (κ3) is 3.75. The fourth-order valence-electron chi connectivity index (χ4n) is 5.78. The van der Waals surface area contributed by atoms with Crippen LogP contribution in [0.2, 0.25) is 5.02 Å². The molecule has 0 fully saturated rings. The Bertz CT molecular complexity index is 1860. The minimum Gasteiger partial charge on any atom is -0.283 e. The van der Waals surface area contributed by atoms with Crippen molar-refractivity contribution in [1.29, 1.82) is 0 Å². The summed E-state index contributed by atoms with van der Waals surface area (Å²) in [6.45, 7) is 0. The van der Waals surface area contributed by atoms with Gasteiger partial charge in [0, 0.05) is 21.7 Å². The van der Waals surface area contributed by atoms with Gasteiger partial charge in [0.2, 0.25) is 0 Å². The van der Waals surface area contributed by atoms with Crippen molar-refractivity contribution in [2.75, 3.05) is 4.90 Å².